The Kier molecular flexibility index (Phi) is 6.01. The summed E-state index contributed by atoms with van der Waals surface area (Å²) in [7, 11) is 3.95. The molecule has 0 aromatic heterocycles. The van der Waals surface area contributed by atoms with Gasteiger partial charge in [-0.2, -0.15) is 0 Å². The van der Waals surface area contributed by atoms with Crippen LogP contribution in [0.15, 0.2) is 0 Å². The fourth-order valence-corrected chi connectivity index (χ4v) is 2.73. The van der Waals surface area contributed by atoms with Crippen LogP contribution in [0.2, 0.25) is 0 Å². The maximum absolute atomic E-state index is 12.4. The molecule has 21 heavy (non-hydrogen) atoms. The molecule has 0 aromatic rings. The maximum Gasteiger partial charge on any atom is 0.317 e. The largest absolute Gasteiger partial charge is 0.481 e. The first-order chi connectivity index (χ1) is 9.71. The van der Waals surface area contributed by atoms with E-state index >= 15 is 0 Å². The van der Waals surface area contributed by atoms with Crippen LogP contribution in [-0.4, -0.2) is 66.7 Å². The van der Waals surface area contributed by atoms with E-state index in [1.807, 2.05) is 25.9 Å². The molecule has 0 aliphatic carbocycles. The number of urea groups is 1. The summed E-state index contributed by atoms with van der Waals surface area (Å²) in [4.78, 5) is 27.5. The van der Waals surface area contributed by atoms with Gasteiger partial charge in [0.05, 0.1) is 5.41 Å². The van der Waals surface area contributed by atoms with Crippen molar-refractivity contribution in [2.24, 2.45) is 11.3 Å². The summed E-state index contributed by atoms with van der Waals surface area (Å²) >= 11 is 0. The van der Waals surface area contributed by atoms with Crippen molar-refractivity contribution in [3.8, 4) is 0 Å². The Morgan fingerprint density at radius 2 is 2.00 bits per heavy atom. The number of amides is 2. The molecule has 2 unspecified atom stereocenters. The Morgan fingerprint density at radius 3 is 2.38 bits per heavy atom. The zero-order valence-corrected chi connectivity index (χ0v) is 13.8. The third kappa shape index (κ3) is 4.33. The maximum atomic E-state index is 12.4. The molecule has 0 bridgehead atoms. The second kappa shape index (κ2) is 7.11. The molecular formula is C15H29N3O3. The molecule has 0 radical (unpaired) electrons. The number of likely N-dealkylation sites (N-methyl/N-ethyl adjacent to an activating group) is 1. The van der Waals surface area contributed by atoms with Crippen molar-refractivity contribution in [2.45, 2.75) is 39.7 Å². The first-order valence-corrected chi connectivity index (χ1v) is 7.65. The predicted octanol–water partition coefficient (Wildman–Crippen LogP) is 1.47. The van der Waals surface area contributed by atoms with E-state index in [0.29, 0.717) is 31.8 Å². The van der Waals surface area contributed by atoms with Gasteiger partial charge in [0.25, 0.3) is 0 Å². The van der Waals surface area contributed by atoms with Crippen LogP contribution >= 0.6 is 0 Å². The van der Waals surface area contributed by atoms with Gasteiger partial charge in [-0.15, -0.1) is 0 Å². The number of nitrogens with zero attached hydrogens (tertiary/aromatic N) is 2. The van der Waals surface area contributed by atoms with E-state index in [2.05, 4.69) is 19.2 Å². The lowest BCUT2D eigenvalue weighted by molar-refractivity contribution is -0.148. The highest BCUT2D eigenvalue weighted by atomic mass is 16.4. The molecule has 2 amide bonds. The van der Waals surface area contributed by atoms with Gasteiger partial charge >= 0.3 is 12.0 Å². The van der Waals surface area contributed by atoms with Crippen LogP contribution < -0.4 is 5.32 Å². The summed E-state index contributed by atoms with van der Waals surface area (Å²) in [6.07, 6.45) is 1.09. The SMILES string of the molecule is CCC1(C(=O)O)CCN(C(=O)NC(CN(C)C)C(C)C)C1. The zero-order chi connectivity index (χ0) is 16.2. The number of aliphatic carboxylic acids is 1. The summed E-state index contributed by atoms with van der Waals surface area (Å²) in [5, 5.41) is 12.4. The number of carbonyl (C=O) groups excluding carboxylic acids is 1. The van der Waals surface area contributed by atoms with Crippen molar-refractivity contribution in [2.75, 3.05) is 33.7 Å². The van der Waals surface area contributed by atoms with Gasteiger partial charge in [0.1, 0.15) is 0 Å². The molecule has 1 aliphatic heterocycles. The van der Waals surface area contributed by atoms with E-state index in [1.54, 1.807) is 4.90 Å². The molecule has 0 spiro atoms. The van der Waals surface area contributed by atoms with Crippen LogP contribution in [-0.2, 0) is 4.79 Å². The topological polar surface area (TPSA) is 72.9 Å². The summed E-state index contributed by atoms with van der Waals surface area (Å²) in [6.45, 7) is 7.61. The lowest BCUT2D eigenvalue weighted by Gasteiger charge is -2.29. The van der Waals surface area contributed by atoms with Gasteiger partial charge in [0.2, 0.25) is 0 Å². The van der Waals surface area contributed by atoms with Crippen molar-refractivity contribution in [3.05, 3.63) is 0 Å². The van der Waals surface area contributed by atoms with Crippen molar-refractivity contribution in [1.82, 2.24) is 15.1 Å². The highest BCUT2D eigenvalue weighted by Gasteiger charge is 2.45. The molecule has 1 fully saturated rings. The Balaban J connectivity index is 2.66. The molecular weight excluding hydrogens is 270 g/mol. The van der Waals surface area contributed by atoms with Gasteiger partial charge in [-0.25, -0.2) is 4.79 Å². The Hall–Kier alpha value is -1.30. The summed E-state index contributed by atoms with van der Waals surface area (Å²) < 4.78 is 0. The Bertz CT molecular complexity index is 384. The highest BCUT2D eigenvalue weighted by molar-refractivity contribution is 5.79. The molecule has 6 nitrogen and oxygen atoms in total. The number of carbonyl (C=O) groups is 2. The molecule has 1 aliphatic rings. The monoisotopic (exact) mass is 299 g/mol. The quantitative estimate of drug-likeness (QED) is 0.779. The standard InChI is InChI=1S/C15H29N3O3/c1-6-15(13(19)20)7-8-18(10-15)14(21)16-12(11(2)3)9-17(4)5/h11-12H,6-10H2,1-5H3,(H,16,21)(H,19,20). The van der Waals surface area contributed by atoms with Crippen molar-refractivity contribution >= 4 is 12.0 Å². The van der Waals surface area contributed by atoms with Crippen molar-refractivity contribution in [3.63, 3.8) is 0 Å². The number of rotatable bonds is 6. The summed E-state index contributed by atoms with van der Waals surface area (Å²) in [5.41, 5.74) is -0.772. The molecule has 2 N–H and O–H groups in total. The van der Waals surface area contributed by atoms with E-state index in [4.69, 9.17) is 0 Å². The molecule has 2 atom stereocenters. The fourth-order valence-electron chi connectivity index (χ4n) is 2.73. The second-order valence-corrected chi connectivity index (χ2v) is 6.67. The van der Waals surface area contributed by atoms with E-state index in [-0.39, 0.29) is 12.1 Å². The predicted molar refractivity (Wildman–Crippen MR) is 82.3 cm³/mol. The van der Waals surface area contributed by atoms with Crippen molar-refractivity contribution in [1.29, 1.82) is 0 Å². The summed E-state index contributed by atoms with van der Waals surface area (Å²) in [6, 6.07) is -0.0823. The van der Waals surface area contributed by atoms with E-state index in [9.17, 15) is 14.7 Å². The third-order valence-electron chi connectivity index (χ3n) is 4.45. The average Bonchev–Trinajstić information content (AvgIpc) is 2.83. The van der Waals surface area contributed by atoms with Gasteiger partial charge in [-0.05, 0) is 32.9 Å². The lowest BCUT2D eigenvalue weighted by Crippen LogP contribution is -2.50. The number of hydrogen-bond donors (Lipinski definition) is 2. The van der Waals surface area contributed by atoms with Crippen LogP contribution in [0.4, 0.5) is 4.79 Å². The average molecular weight is 299 g/mol. The minimum absolute atomic E-state index is 0.0638. The smallest absolute Gasteiger partial charge is 0.317 e. The normalized spacial score (nSPS) is 23.7. The van der Waals surface area contributed by atoms with Gasteiger partial charge in [0, 0.05) is 25.7 Å². The van der Waals surface area contributed by atoms with Crippen LogP contribution in [0, 0.1) is 11.3 Å². The van der Waals surface area contributed by atoms with Gasteiger partial charge < -0.3 is 20.2 Å². The lowest BCUT2D eigenvalue weighted by atomic mass is 9.84. The number of hydrogen-bond acceptors (Lipinski definition) is 3. The van der Waals surface area contributed by atoms with E-state index in [1.165, 1.54) is 0 Å². The summed E-state index contributed by atoms with van der Waals surface area (Å²) in [5.74, 6) is -0.469. The molecule has 1 saturated heterocycles. The van der Waals surface area contributed by atoms with Crippen LogP contribution in [0.5, 0.6) is 0 Å². The van der Waals surface area contributed by atoms with Crippen LogP contribution in [0.3, 0.4) is 0 Å². The minimum atomic E-state index is -0.797. The highest BCUT2D eigenvalue weighted by Crippen LogP contribution is 2.34. The van der Waals surface area contributed by atoms with E-state index in [0.717, 1.165) is 6.54 Å². The first kappa shape index (κ1) is 17.8. The fraction of sp³-hybridized carbons (Fsp3) is 0.867. The molecule has 1 rings (SSSR count). The van der Waals surface area contributed by atoms with Crippen LogP contribution in [0.25, 0.3) is 0 Å². The Morgan fingerprint density at radius 1 is 1.38 bits per heavy atom. The van der Waals surface area contributed by atoms with Gasteiger partial charge in [-0.3, -0.25) is 4.79 Å². The third-order valence-corrected chi connectivity index (χ3v) is 4.45. The molecule has 0 aromatic carbocycles. The minimum Gasteiger partial charge on any atom is -0.481 e. The molecule has 1 heterocycles. The number of carboxylic acids is 1. The first-order valence-electron chi connectivity index (χ1n) is 7.65. The van der Waals surface area contributed by atoms with Crippen molar-refractivity contribution < 1.29 is 14.7 Å². The Labute approximate surface area is 127 Å². The zero-order valence-electron chi connectivity index (χ0n) is 13.8. The number of carboxylic acid groups (broad SMARTS) is 1. The number of likely N-dealkylation sites (tertiary alicyclic amines) is 1. The number of nitrogens with one attached hydrogen (secondary N) is 1. The van der Waals surface area contributed by atoms with Gasteiger partial charge in [-0.1, -0.05) is 20.8 Å². The van der Waals surface area contributed by atoms with E-state index < -0.39 is 11.4 Å². The van der Waals surface area contributed by atoms with Crippen LogP contribution in [0.1, 0.15) is 33.6 Å². The van der Waals surface area contributed by atoms with Gasteiger partial charge in [0.15, 0.2) is 0 Å². The molecule has 6 heteroatoms. The molecule has 122 valence electrons. The second-order valence-electron chi connectivity index (χ2n) is 6.67. The molecule has 0 saturated carbocycles.